The van der Waals surface area contributed by atoms with Gasteiger partial charge in [0.25, 0.3) is 5.91 Å². The van der Waals surface area contributed by atoms with E-state index in [9.17, 15) is 9.18 Å². The van der Waals surface area contributed by atoms with Crippen LogP contribution in [0.3, 0.4) is 0 Å². The van der Waals surface area contributed by atoms with Crippen molar-refractivity contribution in [3.05, 3.63) is 47.5 Å². The first-order chi connectivity index (χ1) is 19.0. The van der Waals surface area contributed by atoms with Gasteiger partial charge in [-0.05, 0) is 44.4 Å². The summed E-state index contributed by atoms with van der Waals surface area (Å²) in [6.07, 6.45) is 6.75. The second-order valence-electron chi connectivity index (χ2n) is 9.46. The number of hydrogen-bond acceptors (Lipinski definition) is 9. The molecule has 220 valence electrons. The molecule has 0 spiro atoms. The number of nitrogens with zero attached hydrogens (tertiary/aromatic N) is 4. The van der Waals surface area contributed by atoms with Crippen LogP contribution in [0.1, 0.15) is 49.5 Å². The molecule has 12 nitrogen and oxygen atoms in total. The predicted molar refractivity (Wildman–Crippen MR) is 145 cm³/mol. The van der Waals surface area contributed by atoms with E-state index in [1.54, 1.807) is 13.0 Å². The number of nitrogens with one attached hydrogen (secondary N) is 1. The van der Waals surface area contributed by atoms with Gasteiger partial charge in [0.2, 0.25) is 5.95 Å². The van der Waals surface area contributed by atoms with Crippen molar-refractivity contribution in [1.29, 1.82) is 0 Å². The average Bonchev–Trinajstić information content (AvgIpc) is 2.94. The highest BCUT2D eigenvalue weighted by Crippen LogP contribution is 2.19. The number of aryl methyl sites for hydroxylation is 1. The molecule has 0 radical (unpaired) electrons. The largest absolute Gasteiger partial charge is 0.493 e. The highest BCUT2D eigenvalue weighted by Gasteiger charge is 2.22. The Balaban J connectivity index is 0.000000840. The van der Waals surface area contributed by atoms with Crippen molar-refractivity contribution in [2.45, 2.75) is 52.1 Å². The first kappa shape index (κ1) is 32.4. The van der Waals surface area contributed by atoms with Crippen LogP contribution in [0.25, 0.3) is 0 Å². The third kappa shape index (κ3) is 10.4. The fourth-order valence-corrected chi connectivity index (χ4v) is 3.94. The number of hydrogen-bond donors (Lipinski definition) is 4. The fraction of sp³-hybridized carbons (Fsp3) is 0.519. The van der Waals surface area contributed by atoms with E-state index < -0.39 is 29.7 Å². The number of aliphatic carboxylic acids is 2. The molecule has 1 saturated heterocycles. The molecule has 1 aliphatic rings. The lowest BCUT2D eigenvalue weighted by atomic mass is 10.1. The number of halogens is 1. The Morgan fingerprint density at radius 1 is 1.07 bits per heavy atom. The smallest absolute Gasteiger partial charge is 0.414 e. The summed E-state index contributed by atoms with van der Waals surface area (Å²) in [6.45, 7) is 9.81. The van der Waals surface area contributed by atoms with Crippen molar-refractivity contribution in [3.63, 3.8) is 0 Å². The van der Waals surface area contributed by atoms with Gasteiger partial charge in [0.15, 0.2) is 0 Å². The summed E-state index contributed by atoms with van der Waals surface area (Å²) in [7, 11) is 0. The lowest BCUT2D eigenvalue weighted by molar-refractivity contribution is -0.159. The number of carbonyl (C=O) groups is 3. The summed E-state index contributed by atoms with van der Waals surface area (Å²) in [5.74, 6) is -3.66. The average molecular weight is 564 g/mol. The van der Waals surface area contributed by atoms with E-state index in [1.807, 2.05) is 12.4 Å². The lowest BCUT2D eigenvalue weighted by Crippen LogP contribution is -2.50. The number of aliphatic hydroxyl groups excluding tert-OH is 1. The van der Waals surface area contributed by atoms with Crippen LogP contribution in [0.15, 0.2) is 30.6 Å². The molecule has 1 amide bonds. The number of carboxylic acids is 2. The normalized spacial score (nSPS) is 14.9. The molecule has 3 rings (SSSR count). The number of aliphatic hydroxyl groups is 1. The van der Waals surface area contributed by atoms with E-state index in [2.05, 4.69) is 38.9 Å². The van der Waals surface area contributed by atoms with Crippen molar-refractivity contribution in [3.8, 4) is 5.75 Å². The Bertz CT molecular complexity index is 1100. The minimum Gasteiger partial charge on any atom is -0.493 e. The van der Waals surface area contributed by atoms with Crippen molar-refractivity contribution in [2.75, 3.05) is 44.3 Å². The molecule has 4 N–H and O–H groups in total. The standard InChI is InChI=1S/C25H36FN5O3.C2H2O4/c1-4-5-20-15-27-25(28-16-20)31-11-9-30(10-12-31)19(3)8-13-34-21-6-7-22(23(26)14-21)24(33)29-18(2)17-32;3-1(4)2(5)6/h6-7,14-16,18-19,32H,4-5,8-13,17H2,1-3H3,(H,29,33);(H,3,4)(H,5,6)/t18-,19?;/m1./s1. The summed E-state index contributed by atoms with van der Waals surface area (Å²) < 4.78 is 20.1. The van der Waals surface area contributed by atoms with Gasteiger partial charge >= 0.3 is 11.9 Å². The number of carbonyl (C=O) groups excluding carboxylic acids is 1. The van der Waals surface area contributed by atoms with E-state index in [0.29, 0.717) is 18.4 Å². The van der Waals surface area contributed by atoms with Gasteiger partial charge in [0, 0.05) is 56.7 Å². The van der Waals surface area contributed by atoms with Gasteiger partial charge in [0.1, 0.15) is 11.6 Å². The summed E-state index contributed by atoms with van der Waals surface area (Å²) in [6, 6.07) is 4.11. The van der Waals surface area contributed by atoms with E-state index >= 15 is 0 Å². The topological polar surface area (TPSA) is 165 Å². The van der Waals surface area contributed by atoms with E-state index in [1.165, 1.54) is 17.7 Å². The quantitative estimate of drug-likeness (QED) is 0.295. The molecule has 2 atom stereocenters. The Kier molecular flexibility index (Phi) is 13.2. The molecule has 13 heteroatoms. The van der Waals surface area contributed by atoms with E-state index in [-0.39, 0.29) is 12.2 Å². The minimum absolute atomic E-state index is 0.0668. The summed E-state index contributed by atoms with van der Waals surface area (Å²) in [5.41, 5.74) is 1.11. The molecular weight excluding hydrogens is 525 g/mol. The zero-order valence-electron chi connectivity index (χ0n) is 23.0. The zero-order chi connectivity index (χ0) is 29.7. The number of carboxylic acid groups (broad SMARTS) is 2. The number of amides is 1. The lowest BCUT2D eigenvalue weighted by Gasteiger charge is -2.38. The van der Waals surface area contributed by atoms with Crippen LogP contribution in [0.2, 0.25) is 0 Å². The number of benzene rings is 1. The molecule has 1 aromatic carbocycles. The Labute approximate surface area is 232 Å². The molecule has 0 bridgehead atoms. The number of rotatable bonds is 11. The summed E-state index contributed by atoms with van der Waals surface area (Å²) in [5, 5.41) is 26.3. The fourth-order valence-electron chi connectivity index (χ4n) is 3.94. The maximum absolute atomic E-state index is 14.3. The van der Waals surface area contributed by atoms with Crippen molar-refractivity contribution in [2.24, 2.45) is 0 Å². The van der Waals surface area contributed by atoms with Gasteiger partial charge in [0.05, 0.1) is 18.8 Å². The van der Waals surface area contributed by atoms with E-state index in [4.69, 9.17) is 29.6 Å². The molecule has 1 unspecified atom stereocenters. The van der Waals surface area contributed by atoms with Crippen molar-refractivity contribution >= 4 is 23.8 Å². The van der Waals surface area contributed by atoms with Gasteiger partial charge in [-0.2, -0.15) is 0 Å². The molecule has 2 heterocycles. The highest BCUT2D eigenvalue weighted by atomic mass is 19.1. The first-order valence-electron chi connectivity index (χ1n) is 13.2. The maximum atomic E-state index is 14.3. The van der Waals surface area contributed by atoms with Gasteiger partial charge in [-0.3, -0.25) is 9.69 Å². The number of piperazine rings is 1. The van der Waals surface area contributed by atoms with Crippen LogP contribution < -0.4 is 15.0 Å². The molecule has 40 heavy (non-hydrogen) atoms. The van der Waals surface area contributed by atoms with Crippen LogP contribution in [0, 0.1) is 5.82 Å². The Morgan fingerprint density at radius 3 is 2.23 bits per heavy atom. The second kappa shape index (κ2) is 16.3. The van der Waals surface area contributed by atoms with Crippen molar-refractivity contribution in [1.82, 2.24) is 20.2 Å². The van der Waals surface area contributed by atoms with Crippen LogP contribution in [0.4, 0.5) is 10.3 Å². The minimum atomic E-state index is -1.82. The molecule has 2 aromatic rings. The third-order valence-corrected chi connectivity index (χ3v) is 6.27. The summed E-state index contributed by atoms with van der Waals surface area (Å²) in [4.78, 5) is 43.9. The Hall–Kier alpha value is -3.84. The predicted octanol–water partition coefficient (Wildman–Crippen LogP) is 1.81. The van der Waals surface area contributed by atoms with Crippen LogP contribution in [0.5, 0.6) is 5.75 Å². The van der Waals surface area contributed by atoms with E-state index in [0.717, 1.165) is 51.4 Å². The zero-order valence-corrected chi connectivity index (χ0v) is 23.0. The molecule has 1 aliphatic heterocycles. The van der Waals surface area contributed by atoms with Crippen LogP contribution in [-0.4, -0.2) is 99.5 Å². The molecule has 1 aromatic heterocycles. The molecular formula is C27H38FN5O7. The van der Waals surface area contributed by atoms with Gasteiger partial charge in [-0.1, -0.05) is 13.3 Å². The van der Waals surface area contributed by atoms with Crippen molar-refractivity contribution < 1.29 is 38.8 Å². The molecule has 0 saturated carbocycles. The third-order valence-electron chi connectivity index (χ3n) is 6.27. The van der Waals surface area contributed by atoms with Crippen LogP contribution >= 0.6 is 0 Å². The van der Waals surface area contributed by atoms with Crippen LogP contribution in [-0.2, 0) is 16.0 Å². The monoisotopic (exact) mass is 563 g/mol. The molecule has 0 aliphatic carbocycles. The highest BCUT2D eigenvalue weighted by molar-refractivity contribution is 6.27. The number of aromatic nitrogens is 2. The molecule has 1 fully saturated rings. The number of ether oxygens (including phenoxy) is 1. The van der Waals surface area contributed by atoms with Gasteiger partial charge in [-0.25, -0.2) is 23.9 Å². The first-order valence-corrected chi connectivity index (χ1v) is 13.2. The second-order valence-corrected chi connectivity index (χ2v) is 9.46. The summed E-state index contributed by atoms with van der Waals surface area (Å²) >= 11 is 0. The van der Waals surface area contributed by atoms with Gasteiger partial charge < -0.3 is 30.3 Å². The number of anilines is 1. The SMILES string of the molecule is CCCc1cnc(N2CCN(C(C)CCOc3ccc(C(=O)N[C@H](C)CO)c(F)c3)CC2)nc1.O=C(O)C(=O)O. The Morgan fingerprint density at radius 2 is 1.70 bits per heavy atom. The van der Waals surface area contributed by atoms with Gasteiger partial charge in [-0.15, -0.1) is 0 Å². The maximum Gasteiger partial charge on any atom is 0.414 e.